The Morgan fingerprint density at radius 2 is 1.74 bits per heavy atom. The van der Waals surface area contributed by atoms with Crippen LogP contribution in [0.4, 0.5) is 10.3 Å². The van der Waals surface area contributed by atoms with Gasteiger partial charge in [-0.3, -0.25) is 4.79 Å². The molecule has 0 saturated heterocycles. The average Bonchev–Trinajstić information content (AvgIpc) is 2.70. The number of aromatic nitrogens is 2. The van der Waals surface area contributed by atoms with Crippen LogP contribution >= 0.6 is 0 Å². The third-order valence-electron chi connectivity index (χ3n) is 4.67. The van der Waals surface area contributed by atoms with Crippen molar-refractivity contribution in [3.8, 4) is 11.3 Å². The van der Waals surface area contributed by atoms with Gasteiger partial charge in [0, 0.05) is 24.1 Å². The molecule has 0 amide bonds. The monoisotopic (exact) mass is 517 g/mol. The number of aliphatic carboxylic acids is 1. The maximum Gasteiger partial charge on any atom is 2.00 e. The zero-order valence-corrected chi connectivity index (χ0v) is 22.3. The number of rotatable bonds is 10. The summed E-state index contributed by atoms with van der Waals surface area (Å²) in [6, 6.07) is 5.34. The van der Waals surface area contributed by atoms with Crippen molar-refractivity contribution in [2.45, 2.75) is 38.7 Å². The SMILES string of the molecule is CC(C)c1nc(N(C)S(C)(=O)=O)nc(-c2ccc(F)cc2)c1/C=C/C(=O)CC([O-])CC(=O)[O-].[Ca+2]. The Hall–Kier alpha value is -1.92. The van der Waals surface area contributed by atoms with E-state index in [0.29, 0.717) is 16.8 Å². The second kappa shape index (κ2) is 12.7. The Balaban J connectivity index is 0.00000578. The van der Waals surface area contributed by atoms with Crippen molar-refractivity contribution in [1.82, 2.24) is 9.97 Å². The summed E-state index contributed by atoms with van der Waals surface area (Å²) in [4.78, 5) is 31.5. The van der Waals surface area contributed by atoms with Gasteiger partial charge >= 0.3 is 37.7 Å². The van der Waals surface area contributed by atoms with Crippen LogP contribution in [0.3, 0.4) is 0 Å². The first-order valence-corrected chi connectivity index (χ1v) is 11.8. The van der Waals surface area contributed by atoms with Gasteiger partial charge in [0.2, 0.25) is 16.0 Å². The van der Waals surface area contributed by atoms with E-state index < -0.39 is 46.5 Å². The van der Waals surface area contributed by atoms with E-state index in [0.717, 1.165) is 16.6 Å². The van der Waals surface area contributed by atoms with Crippen LogP contribution in [0.15, 0.2) is 30.3 Å². The Morgan fingerprint density at radius 3 is 2.24 bits per heavy atom. The van der Waals surface area contributed by atoms with Crippen molar-refractivity contribution in [2.24, 2.45) is 0 Å². The number of allylic oxidation sites excluding steroid dienone is 1. The van der Waals surface area contributed by atoms with Gasteiger partial charge in [-0.15, -0.1) is 6.10 Å². The largest absolute Gasteiger partial charge is 2.00 e. The van der Waals surface area contributed by atoms with E-state index in [1.54, 1.807) is 0 Å². The van der Waals surface area contributed by atoms with Crippen molar-refractivity contribution in [2.75, 3.05) is 17.6 Å². The summed E-state index contributed by atoms with van der Waals surface area (Å²) in [6.07, 6.45) is 0.553. The van der Waals surface area contributed by atoms with Gasteiger partial charge in [-0.25, -0.2) is 27.1 Å². The fraction of sp³-hybridized carbons (Fsp3) is 0.364. The van der Waals surface area contributed by atoms with Crippen molar-refractivity contribution in [1.29, 1.82) is 0 Å². The van der Waals surface area contributed by atoms with E-state index in [1.165, 1.54) is 37.4 Å². The van der Waals surface area contributed by atoms with Gasteiger partial charge in [0.15, 0.2) is 5.78 Å². The molecule has 12 heteroatoms. The molecule has 0 N–H and O–H groups in total. The van der Waals surface area contributed by atoms with Crippen LogP contribution in [0.1, 0.15) is 43.9 Å². The van der Waals surface area contributed by atoms with Gasteiger partial charge in [-0.05, 0) is 55.2 Å². The number of halogens is 1. The number of benzene rings is 1. The number of hydrogen-bond acceptors (Lipinski definition) is 8. The van der Waals surface area contributed by atoms with Gasteiger partial charge in [-0.1, -0.05) is 13.8 Å². The molecule has 0 fully saturated rings. The summed E-state index contributed by atoms with van der Waals surface area (Å²) < 4.78 is 38.5. The van der Waals surface area contributed by atoms with Crippen LogP contribution in [-0.4, -0.2) is 87.3 Å². The Kier molecular flexibility index (Phi) is 11.2. The summed E-state index contributed by atoms with van der Waals surface area (Å²) >= 11 is 0. The van der Waals surface area contributed by atoms with E-state index >= 15 is 0 Å². The summed E-state index contributed by atoms with van der Waals surface area (Å²) in [6.45, 7) is 3.63. The number of sulfonamides is 1. The number of hydrogen-bond donors (Lipinski definition) is 0. The zero-order chi connectivity index (χ0) is 24.9. The third-order valence-corrected chi connectivity index (χ3v) is 5.82. The van der Waals surface area contributed by atoms with Crippen molar-refractivity contribution in [3.63, 3.8) is 0 Å². The Labute approximate surface area is 227 Å². The van der Waals surface area contributed by atoms with Crippen molar-refractivity contribution >= 4 is 71.5 Å². The molecule has 2 rings (SSSR count). The number of anilines is 1. The van der Waals surface area contributed by atoms with E-state index in [2.05, 4.69) is 9.97 Å². The zero-order valence-electron chi connectivity index (χ0n) is 19.3. The van der Waals surface area contributed by atoms with Crippen LogP contribution in [0, 0.1) is 5.82 Å². The van der Waals surface area contributed by atoms with Gasteiger partial charge in [-0.2, -0.15) is 0 Å². The predicted octanol–water partition coefficient (Wildman–Crippen LogP) is 0.262. The van der Waals surface area contributed by atoms with Crippen LogP contribution in [-0.2, 0) is 19.6 Å². The normalized spacial score (nSPS) is 12.4. The molecule has 1 heterocycles. The first-order valence-electron chi connectivity index (χ1n) is 9.98. The third kappa shape index (κ3) is 8.38. The molecule has 1 aromatic carbocycles. The minimum atomic E-state index is -3.68. The topological polar surface area (TPSA) is 143 Å². The molecule has 1 unspecified atom stereocenters. The van der Waals surface area contributed by atoms with Crippen LogP contribution in [0.25, 0.3) is 17.3 Å². The molecule has 0 aliphatic rings. The Morgan fingerprint density at radius 1 is 1.15 bits per heavy atom. The molecule has 0 bridgehead atoms. The standard InChI is InChI=1S/C22H25FN3O6S.Ca/c1-13(2)20-18(10-9-16(27)11-17(28)12-19(29)30)21(14-5-7-15(23)8-6-14)25-22(24-20)26(3)33(4,31)32;/h5-10,13,17H,11-12H2,1-4H3,(H,29,30);/q-1;+2/p-1/b10-9+;. The average molecular weight is 518 g/mol. The molecule has 0 spiro atoms. The van der Waals surface area contributed by atoms with Crippen molar-refractivity contribution < 1.29 is 32.6 Å². The van der Waals surface area contributed by atoms with Gasteiger partial charge < -0.3 is 15.0 Å². The molecule has 9 nitrogen and oxygen atoms in total. The first kappa shape index (κ1) is 30.1. The van der Waals surface area contributed by atoms with Crippen LogP contribution in [0.5, 0.6) is 0 Å². The molecule has 0 radical (unpaired) electrons. The van der Waals surface area contributed by atoms with E-state index in [4.69, 9.17) is 0 Å². The quantitative estimate of drug-likeness (QED) is 0.323. The first-order chi connectivity index (χ1) is 15.3. The number of carbonyl (C=O) groups excluding carboxylic acids is 2. The number of nitrogens with zero attached hydrogens (tertiary/aromatic N) is 3. The molecule has 0 aliphatic carbocycles. The van der Waals surface area contributed by atoms with Crippen molar-refractivity contribution in [3.05, 3.63) is 47.4 Å². The molecular formula is C22H24CaFN3O6S. The number of carbonyl (C=O) groups is 2. The number of carboxylic acid groups (broad SMARTS) is 1. The van der Waals surface area contributed by atoms with Crippen LogP contribution in [0.2, 0.25) is 0 Å². The molecule has 1 aromatic heterocycles. The van der Waals surface area contributed by atoms with Gasteiger partial charge in [0.1, 0.15) is 5.82 Å². The molecular weight excluding hydrogens is 493 g/mol. The summed E-state index contributed by atoms with van der Waals surface area (Å²) in [7, 11) is -2.38. The van der Waals surface area contributed by atoms with Crippen LogP contribution < -0.4 is 14.5 Å². The second-order valence-corrected chi connectivity index (χ2v) is 9.78. The molecule has 2 aromatic rings. The van der Waals surface area contributed by atoms with Gasteiger partial charge in [0.25, 0.3) is 0 Å². The predicted molar refractivity (Wildman–Crippen MR) is 123 cm³/mol. The number of carboxylic acids is 1. The fourth-order valence-corrected chi connectivity index (χ4v) is 3.30. The smallest absolute Gasteiger partial charge is 0.851 e. The number of ketones is 1. The van der Waals surface area contributed by atoms with Gasteiger partial charge in [0.05, 0.1) is 17.6 Å². The summed E-state index contributed by atoms with van der Waals surface area (Å²) in [5, 5.41) is 22.2. The Bertz CT molecular complexity index is 1170. The molecule has 178 valence electrons. The minimum absolute atomic E-state index is 0. The second-order valence-electron chi connectivity index (χ2n) is 7.77. The molecule has 1 atom stereocenters. The summed E-state index contributed by atoms with van der Waals surface area (Å²) in [5.74, 6) is -2.94. The summed E-state index contributed by atoms with van der Waals surface area (Å²) in [5.41, 5.74) is 1.52. The van der Waals surface area contributed by atoms with E-state index in [1.807, 2.05) is 13.8 Å². The van der Waals surface area contributed by atoms with E-state index in [-0.39, 0.29) is 55.3 Å². The maximum atomic E-state index is 13.5. The maximum absolute atomic E-state index is 13.5. The van der Waals surface area contributed by atoms with E-state index in [9.17, 15) is 32.6 Å². The molecule has 0 aliphatic heterocycles. The fourth-order valence-electron chi connectivity index (χ4n) is 2.92. The minimum Gasteiger partial charge on any atom is -0.851 e. The molecule has 0 saturated carbocycles. The molecule has 34 heavy (non-hydrogen) atoms.